The summed E-state index contributed by atoms with van der Waals surface area (Å²) in [6.45, 7) is 4.67. The van der Waals surface area contributed by atoms with Gasteiger partial charge in [-0.2, -0.15) is 0 Å². The smallest absolute Gasteiger partial charge is 0.328 e. The molecule has 32 heavy (non-hydrogen) atoms. The van der Waals surface area contributed by atoms with Crippen LogP contribution >= 0.6 is 23.5 Å². The summed E-state index contributed by atoms with van der Waals surface area (Å²) in [6.07, 6.45) is 4.41. The summed E-state index contributed by atoms with van der Waals surface area (Å²) in [5.74, 6) is -2.51. The number of hydrogen-bond donors (Lipinski definition) is 2. The van der Waals surface area contributed by atoms with Gasteiger partial charge in [-0.3, -0.25) is 4.90 Å². The molecule has 2 heterocycles. The fourth-order valence-corrected chi connectivity index (χ4v) is 5.38. The minimum absolute atomic E-state index is 0.497. The molecule has 0 bridgehead atoms. The van der Waals surface area contributed by atoms with Crippen molar-refractivity contribution in [2.45, 2.75) is 27.1 Å². The highest BCUT2D eigenvalue weighted by Gasteiger charge is 2.29. The van der Waals surface area contributed by atoms with E-state index in [1.165, 1.54) is 38.9 Å². The zero-order chi connectivity index (χ0) is 23.1. The number of rotatable bonds is 4. The van der Waals surface area contributed by atoms with Gasteiger partial charge in [0.1, 0.15) is 0 Å². The highest BCUT2D eigenvalue weighted by molar-refractivity contribution is 7.99. The van der Waals surface area contributed by atoms with Crippen LogP contribution in [0.5, 0.6) is 0 Å². The van der Waals surface area contributed by atoms with E-state index in [0.717, 1.165) is 19.5 Å². The highest BCUT2D eigenvalue weighted by Crippen LogP contribution is 2.44. The number of piperazine rings is 1. The summed E-state index contributed by atoms with van der Waals surface area (Å²) in [5, 5.41) is 15.6. The number of benzene rings is 2. The van der Waals surface area contributed by atoms with E-state index in [-0.39, 0.29) is 0 Å². The topological polar surface area (TPSA) is 81.1 Å². The third kappa shape index (κ3) is 6.62. The Hall–Kier alpha value is -2.26. The number of fused-ring (bicyclic) bond motifs is 2. The van der Waals surface area contributed by atoms with E-state index in [9.17, 15) is 9.59 Å². The Balaban J connectivity index is 0.000000312. The fourth-order valence-electron chi connectivity index (χ4n) is 3.82. The number of carbonyl (C=O) groups is 2. The van der Waals surface area contributed by atoms with Crippen LogP contribution in [0.25, 0.3) is 0 Å². The molecule has 2 aromatic rings. The van der Waals surface area contributed by atoms with Gasteiger partial charge in [0, 0.05) is 59.1 Å². The molecule has 2 aliphatic rings. The van der Waals surface area contributed by atoms with Gasteiger partial charge in [-0.05, 0) is 55.1 Å². The normalized spacial score (nSPS) is 18.8. The lowest BCUT2D eigenvalue weighted by molar-refractivity contribution is -0.134. The second-order valence-electron chi connectivity index (χ2n) is 7.68. The predicted octanol–water partition coefficient (Wildman–Crippen LogP) is 4.12. The fraction of sp³-hybridized carbons (Fsp3) is 0.333. The Kier molecular flexibility index (Phi) is 8.81. The first-order chi connectivity index (χ1) is 15.4. The molecule has 8 heteroatoms. The standard InChI is InChI=1S/C20H24N2S2.C4H4O4/c1-21-9-11-22(12-10-21)18-13-15-5-3-4-6-19(15)24-20-8-7-16(23-2)14-17(18)20;5-3(6)1-2-4(7)8/h3-8,14,18H,9-13H2,1-2H3;1-2H,(H,5,6)(H,7,8)/b;2-1-. The van der Waals surface area contributed by atoms with E-state index >= 15 is 0 Å². The third-order valence-corrected chi connectivity index (χ3v) is 7.46. The lowest BCUT2D eigenvalue weighted by atomic mass is 9.96. The van der Waals surface area contributed by atoms with Crippen molar-refractivity contribution in [1.82, 2.24) is 9.80 Å². The van der Waals surface area contributed by atoms with E-state index in [1.807, 2.05) is 23.5 Å². The summed E-state index contributed by atoms with van der Waals surface area (Å²) >= 11 is 3.79. The van der Waals surface area contributed by atoms with Crippen LogP contribution in [0.15, 0.2) is 69.3 Å². The molecule has 0 spiro atoms. The number of hydrogen-bond acceptors (Lipinski definition) is 6. The van der Waals surface area contributed by atoms with Crippen molar-refractivity contribution in [2.75, 3.05) is 39.5 Å². The number of carboxylic acid groups (broad SMARTS) is 2. The Morgan fingerprint density at radius 1 is 1.00 bits per heavy atom. The van der Waals surface area contributed by atoms with Gasteiger partial charge < -0.3 is 15.1 Å². The summed E-state index contributed by atoms with van der Waals surface area (Å²) in [6, 6.07) is 16.5. The SMILES string of the molecule is CSc1ccc2c(c1)C(N1CCN(C)CC1)Cc1ccccc1S2.O=C(O)/C=C\C(=O)O. The Labute approximate surface area is 197 Å². The van der Waals surface area contributed by atoms with Crippen LogP contribution in [0, 0.1) is 0 Å². The Bertz CT molecular complexity index is 972. The molecule has 170 valence electrons. The molecule has 0 radical (unpaired) electrons. The third-order valence-electron chi connectivity index (χ3n) is 5.53. The molecular formula is C24H28N2O4S2. The highest BCUT2D eigenvalue weighted by atomic mass is 32.2. The van der Waals surface area contributed by atoms with Crippen molar-refractivity contribution in [1.29, 1.82) is 0 Å². The van der Waals surface area contributed by atoms with E-state index in [2.05, 4.69) is 65.6 Å². The second kappa shape index (κ2) is 11.6. The average Bonchev–Trinajstić information content (AvgIpc) is 2.95. The minimum Gasteiger partial charge on any atom is -0.478 e. The zero-order valence-electron chi connectivity index (χ0n) is 18.2. The van der Waals surface area contributed by atoms with Crippen molar-refractivity contribution < 1.29 is 19.8 Å². The molecule has 0 saturated carbocycles. The van der Waals surface area contributed by atoms with Crippen molar-refractivity contribution in [2.24, 2.45) is 0 Å². The van der Waals surface area contributed by atoms with Crippen molar-refractivity contribution in [3.63, 3.8) is 0 Å². The molecule has 1 saturated heterocycles. The molecule has 6 nitrogen and oxygen atoms in total. The van der Waals surface area contributed by atoms with Gasteiger partial charge in [-0.15, -0.1) is 11.8 Å². The van der Waals surface area contributed by atoms with Gasteiger partial charge in [-0.1, -0.05) is 30.0 Å². The van der Waals surface area contributed by atoms with Gasteiger partial charge in [0.2, 0.25) is 0 Å². The number of aliphatic carboxylic acids is 2. The summed E-state index contributed by atoms with van der Waals surface area (Å²) < 4.78 is 0. The number of carboxylic acids is 2. The predicted molar refractivity (Wildman–Crippen MR) is 129 cm³/mol. The first kappa shape index (κ1) is 24.4. The largest absolute Gasteiger partial charge is 0.478 e. The average molecular weight is 473 g/mol. The minimum atomic E-state index is -1.26. The summed E-state index contributed by atoms with van der Waals surface area (Å²) in [7, 11) is 2.23. The second-order valence-corrected chi connectivity index (χ2v) is 9.65. The molecule has 1 fully saturated rings. The molecule has 0 aliphatic carbocycles. The molecule has 1 atom stereocenters. The molecular weight excluding hydrogens is 444 g/mol. The zero-order valence-corrected chi connectivity index (χ0v) is 19.9. The van der Waals surface area contributed by atoms with Crippen LogP contribution in [0.3, 0.4) is 0 Å². The van der Waals surface area contributed by atoms with E-state index in [4.69, 9.17) is 10.2 Å². The molecule has 2 aromatic carbocycles. The van der Waals surface area contributed by atoms with E-state index in [1.54, 1.807) is 0 Å². The van der Waals surface area contributed by atoms with Gasteiger partial charge >= 0.3 is 11.9 Å². The Morgan fingerprint density at radius 2 is 1.66 bits per heavy atom. The van der Waals surface area contributed by atoms with Crippen LogP contribution < -0.4 is 0 Å². The molecule has 4 rings (SSSR count). The quantitative estimate of drug-likeness (QED) is 0.508. The van der Waals surface area contributed by atoms with E-state index < -0.39 is 11.9 Å². The van der Waals surface area contributed by atoms with Crippen LogP contribution in [0.1, 0.15) is 17.2 Å². The maximum Gasteiger partial charge on any atom is 0.328 e. The van der Waals surface area contributed by atoms with Crippen molar-refractivity contribution in [3.8, 4) is 0 Å². The molecule has 1 unspecified atom stereocenters. The van der Waals surface area contributed by atoms with Crippen LogP contribution in [-0.2, 0) is 16.0 Å². The maximum absolute atomic E-state index is 9.55. The van der Waals surface area contributed by atoms with E-state index in [0.29, 0.717) is 18.2 Å². The Morgan fingerprint density at radius 3 is 2.28 bits per heavy atom. The van der Waals surface area contributed by atoms with Gasteiger partial charge in [0.05, 0.1) is 0 Å². The van der Waals surface area contributed by atoms with Crippen molar-refractivity contribution in [3.05, 3.63) is 65.7 Å². The van der Waals surface area contributed by atoms with Gasteiger partial charge in [0.25, 0.3) is 0 Å². The molecule has 0 aromatic heterocycles. The lowest BCUT2D eigenvalue weighted by Gasteiger charge is -2.38. The van der Waals surface area contributed by atoms with Crippen LogP contribution in [0.2, 0.25) is 0 Å². The molecule has 2 N–H and O–H groups in total. The van der Waals surface area contributed by atoms with Gasteiger partial charge in [-0.25, -0.2) is 9.59 Å². The number of nitrogens with zero attached hydrogens (tertiary/aromatic N) is 2. The van der Waals surface area contributed by atoms with Crippen LogP contribution in [0.4, 0.5) is 0 Å². The van der Waals surface area contributed by atoms with Crippen LogP contribution in [-0.4, -0.2) is 71.4 Å². The number of likely N-dealkylation sites (N-methyl/N-ethyl adjacent to an activating group) is 1. The summed E-state index contributed by atoms with van der Waals surface area (Å²) in [4.78, 5) is 28.5. The van der Waals surface area contributed by atoms with Gasteiger partial charge in [0.15, 0.2) is 0 Å². The number of thioether (sulfide) groups is 1. The van der Waals surface area contributed by atoms with Crippen molar-refractivity contribution >= 4 is 35.5 Å². The lowest BCUT2D eigenvalue weighted by Crippen LogP contribution is -2.46. The molecule has 2 aliphatic heterocycles. The first-order valence-corrected chi connectivity index (χ1v) is 12.4. The molecule has 0 amide bonds. The maximum atomic E-state index is 9.55. The first-order valence-electron chi connectivity index (χ1n) is 10.4. The monoisotopic (exact) mass is 472 g/mol. The summed E-state index contributed by atoms with van der Waals surface area (Å²) in [5.41, 5.74) is 3.01.